The number of hydrogen-bond acceptors (Lipinski definition) is 3. The topological polar surface area (TPSA) is 63.2 Å². The lowest BCUT2D eigenvalue weighted by Gasteiger charge is -2.13. The van der Waals surface area contributed by atoms with Crippen LogP contribution in [0.3, 0.4) is 0 Å². The highest BCUT2D eigenvalue weighted by atomic mass is 35.7. The first-order chi connectivity index (χ1) is 9.29. The van der Waals surface area contributed by atoms with Crippen LogP contribution < -0.4 is 5.32 Å². The minimum Gasteiger partial charge on any atom is -0.349 e. The van der Waals surface area contributed by atoms with Crippen molar-refractivity contribution in [3.8, 4) is 0 Å². The summed E-state index contributed by atoms with van der Waals surface area (Å²) in [6.07, 6.45) is 3.45. The summed E-state index contributed by atoms with van der Waals surface area (Å²) in [6.45, 7) is 0. The largest absolute Gasteiger partial charge is 0.349 e. The molecule has 1 aromatic carbocycles. The molecule has 8 heteroatoms. The van der Waals surface area contributed by atoms with Crippen LogP contribution in [0, 0.1) is 11.6 Å². The highest BCUT2D eigenvalue weighted by Crippen LogP contribution is 2.23. The second kappa shape index (κ2) is 5.65. The Morgan fingerprint density at radius 3 is 2.40 bits per heavy atom. The third-order valence-corrected chi connectivity index (χ3v) is 4.55. The van der Waals surface area contributed by atoms with Crippen molar-refractivity contribution in [3.63, 3.8) is 0 Å². The number of carbonyl (C=O) groups excluding carboxylic acids is 1. The first kappa shape index (κ1) is 15.2. The Morgan fingerprint density at radius 1 is 1.25 bits per heavy atom. The van der Waals surface area contributed by atoms with Gasteiger partial charge in [-0.25, -0.2) is 17.2 Å². The molecule has 1 amide bonds. The van der Waals surface area contributed by atoms with Gasteiger partial charge in [0.1, 0.15) is 0 Å². The molecule has 0 aliphatic heterocycles. The molecule has 0 radical (unpaired) electrons. The second-order valence-electron chi connectivity index (χ2n) is 4.66. The van der Waals surface area contributed by atoms with Crippen LogP contribution in [0.25, 0.3) is 0 Å². The summed E-state index contributed by atoms with van der Waals surface area (Å²) < 4.78 is 49.3. The molecule has 110 valence electrons. The van der Waals surface area contributed by atoms with Crippen molar-refractivity contribution in [3.05, 3.63) is 29.3 Å². The van der Waals surface area contributed by atoms with E-state index < -0.39 is 37.1 Å². The number of amides is 1. The minimum atomic E-state index is -4.24. The molecular formula is C12H12ClF2NO3S. The monoisotopic (exact) mass is 323 g/mol. The van der Waals surface area contributed by atoms with E-state index in [0.29, 0.717) is 6.07 Å². The van der Waals surface area contributed by atoms with Crippen molar-refractivity contribution in [2.45, 2.75) is 36.6 Å². The molecule has 0 spiro atoms. The average molecular weight is 324 g/mol. The summed E-state index contributed by atoms with van der Waals surface area (Å²) in [4.78, 5) is 11.3. The lowest BCUT2D eigenvalue weighted by atomic mass is 10.1. The third-order valence-electron chi connectivity index (χ3n) is 3.22. The van der Waals surface area contributed by atoms with Crippen LogP contribution in [-0.4, -0.2) is 20.4 Å². The van der Waals surface area contributed by atoms with E-state index in [2.05, 4.69) is 5.32 Å². The lowest BCUT2D eigenvalue weighted by Crippen LogP contribution is -2.33. The minimum absolute atomic E-state index is 0.0961. The van der Waals surface area contributed by atoms with Gasteiger partial charge in [0.15, 0.2) is 11.6 Å². The molecule has 1 aromatic rings. The molecule has 0 unspecified atom stereocenters. The molecule has 2 rings (SSSR count). The van der Waals surface area contributed by atoms with Gasteiger partial charge in [-0.3, -0.25) is 4.79 Å². The molecule has 0 atom stereocenters. The van der Waals surface area contributed by atoms with Gasteiger partial charge in [0, 0.05) is 16.7 Å². The fraction of sp³-hybridized carbons (Fsp3) is 0.417. The zero-order valence-corrected chi connectivity index (χ0v) is 11.9. The highest BCUT2D eigenvalue weighted by molar-refractivity contribution is 8.13. The fourth-order valence-corrected chi connectivity index (χ4v) is 2.97. The second-order valence-corrected chi connectivity index (χ2v) is 7.23. The quantitative estimate of drug-likeness (QED) is 0.870. The molecule has 1 aliphatic rings. The molecule has 0 bridgehead atoms. The predicted molar refractivity (Wildman–Crippen MR) is 69.1 cm³/mol. The first-order valence-electron chi connectivity index (χ1n) is 6.03. The lowest BCUT2D eigenvalue weighted by molar-refractivity contribution is 0.0932. The smallest absolute Gasteiger partial charge is 0.261 e. The van der Waals surface area contributed by atoms with Crippen LogP contribution in [0.1, 0.15) is 36.0 Å². The van der Waals surface area contributed by atoms with Crippen LogP contribution in [0.2, 0.25) is 0 Å². The Morgan fingerprint density at radius 2 is 1.85 bits per heavy atom. The average Bonchev–Trinajstić information content (AvgIpc) is 2.83. The van der Waals surface area contributed by atoms with Crippen molar-refractivity contribution < 1.29 is 22.0 Å². The molecular weight excluding hydrogens is 312 g/mol. The van der Waals surface area contributed by atoms with Crippen molar-refractivity contribution in [1.82, 2.24) is 5.32 Å². The Balaban J connectivity index is 2.34. The number of benzene rings is 1. The molecule has 1 N–H and O–H groups in total. The SMILES string of the molecule is O=C(NC1CCCC1)c1cc(S(=O)(=O)Cl)cc(F)c1F. The van der Waals surface area contributed by atoms with Crippen LogP contribution in [0.4, 0.5) is 8.78 Å². The predicted octanol–water partition coefficient (Wildman–Crippen LogP) is 2.56. The Kier molecular flexibility index (Phi) is 4.29. The van der Waals surface area contributed by atoms with Crippen molar-refractivity contribution >= 4 is 25.6 Å². The van der Waals surface area contributed by atoms with Gasteiger partial charge in [0.2, 0.25) is 0 Å². The van der Waals surface area contributed by atoms with Gasteiger partial charge in [0.05, 0.1) is 10.5 Å². The normalized spacial score (nSPS) is 16.4. The molecule has 1 saturated carbocycles. The van der Waals surface area contributed by atoms with Crippen LogP contribution in [-0.2, 0) is 9.05 Å². The van der Waals surface area contributed by atoms with E-state index in [4.69, 9.17) is 10.7 Å². The Labute approximate surface area is 119 Å². The Bertz CT molecular complexity index is 642. The van der Waals surface area contributed by atoms with E-state index in [0.717, 1.165) is 31.7 Å². The van der Waals surface area contributed by atoms with Crippen molar-refractivity contribution in [1.29, 1.82) is 0 Å². The van der Waals surface area contributed by atoms with Gasteiger partial charge in [-0.1, -0.05) is 12.8 Å². The highest BCUT2D eigenvalue weighted by Gasteiger charge is 2.24. The molecule has 0 heterocycles. The van der Waals surface area contributed by atoms with Gasteiger partial charge in [-0.15, -0.1) is 0 Å². The molecule has 20 heavy (non-hydrogen) atoms. The van der Waals surface area contributed by atoms with Crippen LogP contribution >= 0.6 is 10.7 Å². The first-order valence-corrected chi connectivity index (χ1v) is 8.34. The summed E-state index contributed by atoms with van der Waals surface area (Å²) in [5.74, 6) is -3.65. The van der Waals surface area contributed by atoms with E-state index in [9.17, 15) is 22.0 Å². The molecule has 4 nitrogen and oxygen atoms in total. The number of hydrogen-bond donors (Lipinski definition) is 1. The zero-order valence-electron chi connectivity index (χ0n) is 10.3. The summed E-state index contributed by atoms with van der Waals surface area (Å²) in [6, 6.07) is 1.09. The Hall–Kier alpha value is -1.21. The van der Waals surface area contributed by atoms with Crippen LogP contribution in [0.5, 0.6) is 0 Å². The van der Waals surface area contributed by atoms with Crippen LogP contribution in [0.15, 0.2) is 17.0 Å². The number of carbonyl (C=O) groups is 1. The van der Waals surface area contributed by atoms with Gasteiger partial charge < -0.3 is 5.32 Å². The van der Waals surface area contributed by atoms with E-state index in [1.165, 1.54) is 0 Å². The summed E-state index contributed by atoms with van der Waals surface area (Å²) in [7, 11) is 0.841. The maximum absolute atomic E-state index is 13.6. The fourth-order valence-electron chi connectivity index (χ4n) is 2.20. The van der Waals surface area contributed by atoms with Gasteiger partial charge >= 0.3 is 0 Å². The maximum Gasteiger partial charge on any atom is 0.261 e. The maximum atomic E-state index is 13.6. The van der Waals surface area contributed by atoms with Crippen molar-refractivity contribution in [2.24, 2.45) is 0 Å². The zero-order chi connectivity index (χ0) is 14.9. The molecule has 0 aromatic heterocycles. The summed E-state index contributed by atoms with van der Waals surface area (Å²) >= 11 is 0. The third kappa shape index (κ3) is 3.27. The summed E-state index contributed by atoms with van der Waals surface area (Å²) in [5.41, 5.74) is -0.656. The number of rotatable bonds is 3. The van der Waals surface area contributed by atoms with Crippen molar-refractivity contribution in [2.75, 3.05) is 0 Å². The summed E-state index contributed by atoms with van der Waals surface area (Å²) in [5, 5.41) is 2.56. The number of nitrogens with one attached hydrogen (secondary N) is 1. The standard InChI is InChI=1S/C12H12ClF2NO3S/c13-20(18,19)8-5-9(11(15)10(14)6-8)12(17)16-7-3-1-2-4-7/h5-7H,1-4H2,(H,16,17). The molecule has 0 saturated heterocycles. The molecule has 1 aliphatic carbocycles. The van der Waals surface area contributed by atoms with Gasteiger partial charge in [0.25, 0.3) is 15.0 Å². The number of halogens is 3. The van der Waals surface area contributed by atoms with E-state index >= 15 is 0 Å². The van der Waals surface area contributed by atoms with Gasteiger partial charge in [-0.05, 0) is 25.0 Å². The van der Waals surface area contributed by atoms with E-state index in [1.54, 1.807) is 0 Å². The molecule has 1 fully saturated rings. The van der Waals surface area contributed by atoms with Gasteiger partial charge in [-0.2, -0.15) is 0 Å². The van der Waals surface area contributed by atoms with E-state index in [1.807, 2.05) is 0 Å². The van der Waals surface area contributed by atoms with E-state index in [-0.39, 0.29) is 6.04 Å².